The topological polar surface area (TPSA) is 62.6 Å². The second-order valence-electron chi connectivity index (χ2n) is 6.51. The van der Waals surface area contributed by atoms with Crippen LogP contribution in [0.15, 0.2) is 24.3 Å². The van der Waals surface area contributed by atoms with Gasteiger partial charge in [-0.2, -0.15) is 0 Å². The summed E-state index contributed by atoms with van der Waals surface area (Å²) in [6.45, 7) is 8.74. The number of carbonyl (C=O) groups excluding carboxylic acids is 2. The fourth-order valence-electron chi connectivity index (χ4n) is 2.32. The van der Waals surface area contributed by atoms with Crippen LogP contribution in [0.2, 0.25) is 0 Å². The van der Waals surface area contributed by atoms with E-state index in [4.69, 9.17) is 0 Å². The minimum Gasteiger partial charge on any atom is -0.349 e. The van der Waals surface area contributed by atoms with E-state index in [9.17, 15) is 9.59 Å². The van der Waals surface area contributed by atoms with Crippen molar-refractivity contribution in [2.24, 2.45) is 0 Å². The Bertz CT molecular complexity index is 512. The molecule has 0 aliphatic rings. The van der Waals surface area contributed by atoms with Gasteiger partial charge in [0.25, 0.3) is 11.8 Å². The number of amides is 2. The number of carbonyl (C=O) groups is 2. The van der Waals surface area contributed by atoms with Crippen LogP contribution in [0.5, 0.6) is 0 Å². The standard InChI is InChI=1S/C18H29N3O2/c1-6-14(4)15-7-9-16(10-8-15)20-18(23)12-21(5)11-17(22)19-13(2)3/h7-10,13-14H,6,11-12H2,1-5H3,(H,19,22)(H,20,23)/p+1/t14-/m0/s1. The van der Waals surface area contributed by atoms with Gasteiger partial charge in [0, 0.05) is 11.7 Å². The van der Waals surface area contributed by atoms with Crippen molar-refractivity contribution in [3.05, 3.63) is 29.8 Å². The third-order valence-electron chi connectivity index (χ3n) is 3.75. The van der Waals surface area contributed by atoms with Crippen molar-refractivity contribution in [3.63, 3.8) is 0 Å². The summed E-state index contributed by atoms with van der Waals surface area (Å²) >= 11 is 0. The molecule has 0 radical (unpaired) electrons. The van der Waals surface area contributed by atoms with Crippen LogP contribution in [0.1, 0.15) is 45.6 Å². The van der Waals surface area contributed by atoms with E-state index in [-0.39, 0.29) is 24.4 Å². The molecule has 0 saturated heterocycles. The average Bonchev–Trinajstić information content (AvgIpc) is 2.45. The monoisotopic (exact) mass is 320 g/mol. The summed E-state index contributed by atoms with van der Waals surface area (Å²) in [5, 5.41) is 5.71. The maximum absolute atomic E-state index is 12.0. The Morgan fingerprint density at radius 2 is 1.61 bits per heavy atom. The molecule has 5 nitrogen and oxygen atoms in total. The smallest absolute Gasteiger partial charge is 0.279 e. The van der Waals surface area contributed by atoms with Crippen molar-refractivity contribution in [3.8, 4) is 0 Å². The van der Waals surface area contributed by atoms with E-state index in [0.717, 1.165) is 17.0 Å². The summed E-state index contributed by atoms with van der Waals surface area (Å²) in [6, 6.07) is 8.08. The van der Waals surface area contributed by atoms with Crippen LogP contribution in [0, 0.1) is 0 Å². The normalized spacial score (nSPS) is 13.5. The first-order valence-corrected chi connectivity index (χ1v) is 8.32. The number of benzene rings is 1. The predicted octanol–water partition coefficient (Wildman–Crippen LogP) is 1.18. The third kappa shape index (κ3) is 7.28. The second kappa shape index (κ2) is 9.30. The summed E-state index contributed by atoms with van der Waals surface area (Å²) in [7, 11) is 1.84. The molecule has 0 aliphatic carbocycles. The molecular weight excluding hydrogens is 290 g/mol. The maximum atomic E-state index is 12.0. The molecule has 0 fully saturated rings. The fraction of sp³-hybridized carbons (Fsp3) is 0.556. The Morgan fingerprint density at radius 3 is 2.13 bits per heavy atom. The van der Waals surface area contributed by atoms with Crippen LogP contribution < -0.4 is 15.5 Å². The van der Waals surface area contributed by atoms with Crippen LogP contribution in [0.4, 0.5) is 5.69 Å². The summed E-state index contributed by atoms with van der Waals surface area (Å²) in [4.78, 5) is 24.6. The minimum atomic E-state index is -0.0869. The van der Waals surface area contributed by atoms with E-state index in [1.807, 2.05) is 33.0 Å². The van der Waals surface area contributed by atoms with Gasteiger partial charge in [-0.3, -0.25) is 9.59 Å². The molecule has 0 aromatic heterocycles. The number of rotatable bonds is 8. The van der Waals surface area contributed by atoms with E-state index in [2.05, 4.69) is 36.6 Å². The van der Waals surface area contributed by atoms with Gasteiger partial charge in [-0.25, -0.2) is 0 Å². The molecule has 5 heteroatoms. The van der Waals surface area contributed by atoms with Gasteiger partial charge in [0.15, 0.2) is 13.1 Å². The van der Waals surface area contributed by atoms with Crippen LogP contribution in [-0.2, 0) is 9.59 Å². The zero-order valence-electron chi connectivity index (χ0n) is 14.9. The van der Waals surface area contributed by atoms with Crippen molar-refractivity contribution in [2.45, 2.75) is 46.1 Å². The SMILES string of the molecule is CC[C@H](C)c1ccc(NC(=O)C[NH+](C)CC(=O)NC(C)C)cc1. The Kier molecular flexibility index (Phi) is 7.75. The molecule has 0 aliphatic heterocycles. The fourth-order valence-corrected chi connectivity index (χ4v) is 2.32. The first-order valence-electron chi connectivity index (χ1n) is 8.32. The highest BCUT2D eigenvalue weighted by molar-refractivity contribution is 5.91. The van der Waals surface area contributed by atoms with Gasteiger partial charge in [-0.1, -0.05) is 26.0 Å². The van der Waals surface area contributed by atoms with Crippen LogP contribution in [0.25, 0.3) is 0 Å². The van der Waals surface area contributed by atoms with Gasteiger partial charge in [-0.05, 0) is 43.9 Å². The van der Waals surface area contributed by atoms with Gasteiger partial charge in [0.2, 0.25) is 0 Å². The number of nitrogens with one attached hydrogen (secondary N) is 3. The van der Waals surface area contributed by atoms with Crippen molar-refractivity contribution in [1.82, 2.24) is 5.32 Å². The molecule has 1 unspecified atom stereocenters. The van der Waals surface area contributed by atoms with Crippen LogP contribution in [0.3, 0.4) is 0 Å². The van der Waals surface area contributed by atoms with Gasteiger partial charge in [-0.15, -0.1) is 0 Å². The molecule has 1 aromatic carbocycles. The van der Waals surface area contributed by atoms with Gasteiger partial charge >= 0.3 is 0 Å². The van der Waals surface area contributed by atoms with Crippen LogP contribution >= 0.6 is 0 Å². The van der Waals surface area contributed by atoms with Crippen LogP contribution in [-0.4, -0.2) is 38.0 Å². The van der Waals surface area contributed by atoms with E-state index >= 15 is 0 Å². The molecule has 1 aromatic rings. The summed E-state index contributed by atoms with van der Waals surface area (Å²) in [5.74, 6) is 0.397. The molecule has 0 bridgehead atoms. The quantitative estimate of drug-likeness (QED) is 0.673. The number of anilines is 1. The Balaban J connectivity index is 2.45. The Hall–Kier alpha value is -1.88. The van der Waals surface area contributed by atoms with E-state index in [1.54, 1.807) is 0 Å². The molecule has 0 heterocycles. The molecule has 3 N–H and O–H groups in total. The van der Waals surface area contributed by atoms with Crippen molar-refractivity contribution in [1.29, 1.82) is 0 Å². The molecule has 1 rings (SSSR count). The second-order valence-corrected chi connectivity index (χ2v) is 6.51. The molecule has 23 heavy (non-hydrogen) atoms. The lowest BCUT2D eigenvalue weighted by atomic mass is 9.99. The van der Waals surface area contributed by atoms with Gasteiger partial charge in [0.05, 0.1) is 7.05 Å². The summed E-state index contributed by atoms with van der Waals surface area (Å²) < 4.78 is 0. The molecule has 2 amide bonds. The van der Waals surface area contributed by atoms with Crippen molar-refractivity contribution >= 4 is 17.5 Å². The molecule has 2 atom stereocenters. The highest BCUT2D eigenvalue weighted by Crippen LogP contribution is 2.20. The lowest BCUT2D eigenvalue weighted by molar-refractivity contribution is -0.862. The maximum Gasteiger partial charge on any atom is 0.279 e. The third-order valence-corrected chi connectivity index (χ3v) is 3.75. The highest BCUT2D eigenvalue weighted by Gasteiger charge is 2.14. The van der Waals surface area contributed by atoms with E-state index < -0.39 is 0 Å². The highest BCUT2D eigenvalue weighted by atomic mass is 16.2. The zero-order chi connectivity index (χ0) is 17.4. The molecule has 128 valence electrons. The van der Waals surface area contributed by atoms with E-state index in [1.165, 1.54) is 5.56 Å². The Labute approximate surface area is 139 Å². The number of hydrogen-bond acceptors (Lipinski definition) is 2. The minimum absolute atomic E-state index is 0.0387. The number of quaternary nitrogens is 1. The summed E-state index contributed by atoms with van der Waals surface area (Å²) in [6.07, 6.45) is 1.10. The number of likely N-dealkylation sites (N-methyl/N-ethyl adjacent to an activating group) is 1. The van der Waals surface area contributed by atoms with Gasteiger partial charge in [0.1, 0.15) is 0 Å². The van der Waals surface area contributed by atoms with Gasteiger partial charge < -0.3 is 15.5 Å². The lowest BCUT2D eigenvalue weighted by Crippen LogP contribution is -3.11. The molecule has 0 spiro atoms. The first-order chi connectivity index (χ1) is 10.8. The zero-order valence-corrected chi connectivity index (χ0v) is 14.9. The summed E-state index contributed by atoms with van der Waals surface area (Å²) in [5.41, 5.74) is 2.07. The average molecular weight is 320 g/mol. The Morgan fingerprint density at radius 1 is 1.04 bits per heavy atom. The first kappa shape index (κ1) is 19.2. The predicted molar refractivity (Wildman–Crippen MR) is 93.7 cm³/mol. The molecular formula is C18H30N3O2+. The largest absolute Gasteiger partial charge is 0.349 e. The van der Waals surface area contributed by atoms with Crippen molar-refractivity contribution in [2.75, 3.05) is 25.5 Å². The molecule has 0 saturated carbocycles. The van der Waals surface area contributed by atoms with Crippen molar-refractivity contribution < 1.29 is 14.5 Å². The van der Waals surface area contributed by atoms with E-state index in [0.29, 0.717) is 12.5 Å². The number of hydrogen-bond donors (Lipinski definition) is 3. The lowest BCUT2D eigenvalue weighted by Gasteiger charge is -2.15.